The maximum atomic E-state index is 14.3. The number of methoxy groups -OCH3 is 2. The molecule has 21 heavy (non-hydrogen) atoms. The highest BCUT2D eigenvalue weighted by Gasteiger charge is 2.21. The minimum Gasteiger partial charge on any atom is -0.494 e. The van der Waals surface area contributed by atoms with Crippen LogP contribution in [0.5, 0.6) is 11.5 Å². The monoisotopic (exact) mass is 292 g/mol. The molecule has 0 saturated heterocycles. The van der Waals surface area contributed by atoms with Crippen molar-refractivity contribution in [3.63, 3.8) is 0 Å². The van der Waals surface area contributed by atoms with E-state index < -0.39 is 11.6 Å². The Kier molecular flexibility index (Phi) is 4.07. The molecule has 6 heteroatoms. The summed E-state index contributed by atoms with van der Waals surface area (Å²) >= 11 is 0. The number of hydrogen-bond acceptors (Lipinski definition) is 4. The Morgan fingerprint density at radius 1 is 1.05 bits per heavy atom. The largest absolute Gasteiger partial charge is 0.494 e. The van der Waals surface area contributed by atoms with Crippen LogP contribution in [0.15, 0.2) is 24.3 Å². The van der Waals surface area contributed by atoms with E-state index in [2.05, 4.69) is 0 Å². The maximum absolute atomic E-state index is 14.3. The molecule has 0 heterocycles. The van der Waals surface area contributed by atoms with Gasteiger partial charge in [-0.1, -0.05) is 12.1 Å². The van der Waals surface area contributed by atoms with Crippen LogP contribution in [0.3, 0.4) is 0 Å². The van der Waals surface area contributed by atoms with Crippen molar-refractivity contribution >= 4 is 11.9 Å². The van der Waals surface area contributed by atoms with Crippen LogP contribution in [0, 0.1) is 17.0 Å². The van der Waals surface area contributed by atoms with Crippen LogP contribution in [0.25, 0.3) is 11.1 Å². The van der Waals surface area contributed by atoms with Crippen molar-refractivity contribution in [3.8, 4) is 22.6 Å². The third-order valence-electron chi connectivity index (χ3n) is 3.10. The number of ether oxygens (including phenoxy) is 2. The molecule has 0 aliphatic carbocycles. The average Bonchev–Trinajstić information content (AvgIpc) is 2.48. The van der Waals surface area contributed by atoms with Crippen molar-refractivity contribution in [1.82, 2.24) is 0 Å². The molecule has 0 spiro atoms. The van der Waals surface area contributed by atoms with E-state index in [1.54, 1.807) is 0 Å². The summed E-state index contributed by atoms with van der Waals surface area (Å²) in [5.41, 5.74) is 6.43. The van der Waals surface area contributed by atoms with Crippen LogP contribution in [0.2, 0.25) is 0 Å². The SMILES string of the molecule is COc1cc(OC)c(F)c(-c2ccc(C=N)c(N)c2)c1F. The van der Waals surface area contributed by atoms with Crippen LogP contribution in [0.4, 0.5) is 14.5 Å². The molecule has 2 aromatic rings. The molecule has 0 radical (unpaired) electrons. The highest BCUT2D eigenvalue weighted by atomic mass is 19.1. The summed E-state index contributed by atoms with van der Waals surface area (Å²) in [6.07, 6.45) is 1.07. The van der Waals surface area contributed by atoms with Gasteiger partial charge >= 0.3 is 0 Å². The number of rotatable bonds is 4. The summed E-state index contributed by atoms with van der Waals surface area (Å²) in [6.45, 7) is 0. The van der Waals surface area contributed by atoms with Crippen molar-refractivity contribution in [2.75, 3.05) is 20.0 Å². The molecule has 0 aliphatic rings. The topological polar surface area (TPSA) is 68.3 Å². The van der Waals surface area contributed by atoms with Gasteiger partial charge in [-0.15, -0.1) is 0 Å². The van der Waals surface area contributed by atoms with Gasteiger partial charge < -0.3 is 20.6 Å². The molecule has 0 atom stereocenters. The van der Waals surface area contributed by atoms with Gasteiger partial charge in [0.15, 0.2) is 23.1 Å². The number of hydrogen-bond donors (Lipinski definition) is 2. The Bertz CT molecular complexity index is 674. The number of benzene rings is 2. The molecular weight excluding hydrogens is 278 g/mol. The number of anilines is 1. The minimum absolute atomic E-state index is 0.127. The predicted octanol–water partition coefficient (Wildman–Crippen LogP) is 3.23. The first-order valence-electron chi connectivity index (χ1n) is 6.03. The maximum Gasteiger partial charge on any atom is 0.176 e. The molecule has 0 aromatic heterocycles. The fraction of sp³-hybridized carbons (Fsp3) is 0.133. The normalized spacial score (nSPS) is 10.3. The Balaban J connectivity index is 2.73. The Morgan fingerprint density at radius 3 is 2.05 bits per heavy atom. The molecule has 2 rings (SSSR count). The first kappa shape index (κ1) is 14.8. The van der Waals surface area contributed by atoms with E-state index >= 15 is 0 Å². The first-order chi connectivity index (χ1) is 10.0. The molecule has 3 N–H and O–H groups in total. The van der Waals surface area contributed by atoms with Crippen LogP contribution in [-0.2, 0) is 0 Å². The molecule has 0 bridgehead atoms. The predicted molar refractivity (Wildman–Crippen MR) is 77.2 cm³/mol. The fourth-order valence-electron chi connectivity index (χ4n) is 2.00. The quantitative estimate of drug-likeness (QED) is 0.671. The molecule has 0 amide bonds. The Labute approximate surface area is 120 Å². The summed E-state index contributed by atoms with van der Waals surface area (Å²) in [5.74, 6) is -1.92. The molecule has 0 aliphatic heterocycles. The summed E-state index contributed by atoms with van der Waals surface area (Å²) < 4.78 is 38.5. The van der Waals surface area contributed by atoms with Crippen molar-refractivity contribution in [2.24, 2.45) is 0 Å². The third-order valence-corrected chi connectivity index (χ3v) is 3.10. The van der Waals surface area contributed by atoms with Crippen molar-refractivity contribution in [2.45, 2.75) is 0 Å². The van der Waals surface area contributed by atoms with Gasteiger partial charge in [0.1, 0.15) is 0 Å². The molecular formula is C15H14F2N2O2. The molecule has 2 aromatic carbocycles. The van der Waals surface area contributed by atoms with E-state index in [0.29, 0.717) is 5.56 Å². The lowest BCUT2D eigenvalue weighted by Gasteiger charge is -2.13. The zero-order chi connectivity index (χ0) is 15.6. The average molecular weight is 292 g/mol. The van der Waals surface area contributed by atoms with Crippen LogP contribution >= 0.6 is 0 Å². The van der Waals surface area contributed by atoms with Gasteiger partial charge in [-0.3, -0.25) is 0 Å². The van der Waals surface area contributed by atoms with Crippen molar-refractivity contribution < 1.29 is 18.3 Å². The van der Waals surface area contributed by atoms with Gasteiger partial charge in [0.05, 0.1) is 19.8 Å². The van der Waals surface area contributed by atoms with Gasteiger partial charge in [-0.05, 0) is 11.6 Å². The second kappa shape index (κ2) is 5.78. The summed E-state index contributed by atoms with van der Waals surface area (Å²) in [7, 11) is 2.57. The molecule has 0 unspecified atom stereocenters. The first-order valence-corrected chi connectivity index (χ1v) is 6.03. The lowest BCUT2D eigenvalue weighted by molar-refractivity contribution is 0.360. The summed E-state index contributed by atoms with van der Waals surface area (Å²) in [5, 5.41) is 7.18. The molecule has 110 valence electrons. The van der Waals surface area contributed by atoms with Crippen molar-refractivity contribution in [1.29, 1.82) is 5.41 Å². The zero-order valence-electron chi connectivity index (χ0n) is 11.5. The van der Waals surface area contributed by atoms with E-state index in [1.165, 1.54) is 32.4 Å². The highest BCUT2D eigenvalue weighted by molar-refractivity contribution is 5.87. The van der Waals surface area contributed by atoms with Gasteiger partial charge in [0.25, 0.3) is 0 Å². The van der Waals surface area contributed by atoms with Gasteiger partial charge in [-0.2, -0.15) is 0 Å². The lowest BCUT2D eigenvalue weighted by atomic mass is 10.0. The van der Waals surface area contributed by atoms with E-state index in [4.69, 9.17) is 20.6 Å². The number of nitrogen functional groups attached to an aromatic ring is 1. The molecule has 0 fully saturated rings. The second-order valence-corrected chi connectivity index (χ2v) is 4.27. The number of halogens is 2. The Hall–Kier alpha value is -2.63. The molecule has 4 nitrogen and oxygen atoms in total. The van der Waals surface area contributed by atoms with Gasteiger partial charge in [0, 0.05) is 23.5 Å². The van der Waals surface area contributed by atoms with E-state index in [0.717, 1.165) is 12.3 Å². The minimum atomic E-state index is -0.835. The van der Waals surface area contributed by atoms with Crippen LogP contribution < -0.4 is 15.2 Å². The third kappa shape index (κ3) is 2.52. The van der Waals surface area contributed by atoms with Gasteiger partial charge in [-0.25, -0.2) is 8.78 Å². The zero-order valence-corrected chi connectivity index (χ0v) is 11.5. The van der Waals surface area contributed by atoms with E-state index in [1.807, 2.05) is 0 Å². The fourth-order valence-corrected chi connectivity index (χ4v) is 2.00. The van der Waals surface area contributed by atoms with Crippen LogP contribution in [-0.4, -0.2) is 20.4 Å². The van der Waals surface area contributed by atoms with Crippen LogP contribution in [0.1, 0.15) is 5.56 Å². The van der Waals surface area contributed by atoms with Gasteiger partial charge in [0.2, 0.25) is 0 Å². The number of nitrogens with one attached hydrogen (secondary N) is 1. The Morgan fingerprint density at radius 2 is 1.62 bits per heavy atom. The summed E-state index contributed by atoms with van der Waals surface area (Å²) in [6, 6.07) is 5.55. The van der Waals surface area contributed by atoms with E-state index in [-0.39, 0.29) is 28.3 Å². The molecule has 0 saturated carbocycles. The van der Waals surface area contributed by atoms with Crippen molar-refractivity contribution in [3.05, 3.63) is 41.5 Å². The van der Waals surface area contributed by atoms with E-state index in [9.17, 15) is 8.78 Å². The summed E-state index contributed by atoms with van der Waals surface area (Å²) in [4.78, 5) is 0. The standard InChI is InChI=1S/C15H14F2N2O2/c1-20-11-6-12(21-2)15(17)13(14(11)16)8-3-4-9(7-18)10(19)5-8/h3-7,18H,19H2,1-2H3. The highest BCUT2D eigenvalue weighted by Crippen LogP contribution is 2.38. The lowest BCUT2D eigenvalue weighted by Crippen LogP contribution is -2.00. The second-order valence-electron chi connectivity index (χ2n) is 4.27. The number of nitrogens with two attached hydrogens (primary N) is 1. The smallest absolute Gasteiger partial charge is 0.176 e.